The Kier molecular flexibility index (Phi) is 8.96. The molecule has 0 aliphatic carbocycles. The molecule has 3 heterocycles. The summed E-state index contributed by atoms with van der Waals surface area (Å²) in [5, 5.41) is 12.5. The Balaban J connectivity index is 0.000000728. The van der Waals surface area contributed by atoms with Crippen LogP contribution in [0.15, 0.2) is 68.2 Å². The lowest BCUT2D eigenvalue weighted by Crippen LogP contribution is -2.24. The first kappa shape index (κ1) is 29.6. The van der Waals surface area contributed by atoms with Crippen molar-refractivity contribution in [2.75, 3.05) is 32.6 Å². The number of carboxylic acids is 1. The Morgan fingerprint density at radius 3 is 2.34 bits per heavy atom. The predicted molar refractivity (Wildman–Crippen MR) is 168 cm³/mol. The number of nitrogens with zero attached hydrogens (tertiary/aromatic N) is 2. The maximum atomic E-state index is 13.5. The Hall–Kier alpha value is -4.39. The quantitative estimate of drug-likeness (QED) is 0.110. The summed E-state index contributed by atoms with van der Waals surface area (Å²) in [5.74, 6) is -1.06. The van der Waals surface area contributed by atoms with E-state index in [1.54, 1.807) is 30.3 Å². The van der Waals surface area contributed by atoms with Crippen LogP contribution in [0.5, 0.6) is 0 Å². The third-order valence-corrected chi connectivity index (χ3v) is 7.05. The van der Waals surface area contributed by atoms with Crippen molar-refractivity contribution in [2.24, 2.45) is 0 Å². The molecular weight excluding hydrogens is 516 g/mol. The molecule has 3 aromatic carbocycles. The summed E-state index contributed by atoms with van der Waals surface area (Å²) < 4.78 is 14.2. The Labute approximate surface area is 240 Å². The molecule has 0 fully saturated rings. The van der Waals surface area contributed by atoms with Crippen LogP contribution in [0.4, 0.5) is 5.69 Å². The van der Waals surface area contributed by atoms with E-state index >= 15 is 0 Å². The molecule has 2 aromatic heterocycles. The molecule has 7 nitrogen and oxygen atoms in total. The zero-order valence-corrected chi connectivity index (χ0v) is 25.0. The molecule has 5 aromatic rings. The topological polar surface area (TPSA) is 86.9 Å². The first-order chi connectivity index (χ1) is 19.7. The van der Waals surface area contributed by atoms with Gasteiger partial charge >= 0.3 is 11.6 Å². The van der Waals surface area contributed by atoms with Gasteiger partial charge in [-0.15, -0.1) is 0 Å². The number of aromatic carboxylic acids is 1. The number of carbonyl (C=O) groups is 1. The third-order valence-electron chi connectivity index (χ3n) is 7.05. The lowest BCUT2D eigenvalue weighted by atomic mass is 9.91. The average Bonchev–Trinajstić information content (AvgIpc) is 2.96. The summed E-state index contributed by atoms with van der Waals surface area (Å²) in [6.45, 7) is 9.20. The van der Waals surface area contributed by atoms with Crippen LogP contribution in [0.2, 0.25) is 0 Å². The van der Waals surface area contributed by atoms with Gasteiger partial charge in [-0.05, 0) is 42.2 Å². The highest BCUT2D eigenvalue weighted by atomic mass is 16.4. The number of anilines is 1. The van der Waals surface area contributed by atoms with Gasteiger partial charge in [0.05, 0.1) is 17.0 Å². The van der Waals surface area contributed by atoms with Gasteiger partial charge in [0.1, 0.15) is 30.6 Å². The number of hydrogen-bond acceptors (Lipinski definition) is 5. The number of fused-ring (bicyclic) bond motifs is 5. The van der Waals surface area contributed by atoms with Crippen molar-refractivity contribution < 1.29 is 18.7 Å². The van der Waals surface area contributed by atoms with Gasteiger partial charge in [0.25, 0.3) is 0 Å². The summed E-state index contributed by atoms with van der Waals surface area (Å²) in [4.78, 5) is 27.9. The van der Waals surface area contributed by atoms with Gasteiger partial charge in [0.2, 0.25) is 5.36 Å². The van der Waals surface area contributed by atoms with Crippen molar-refractivity contribution in [3.8, 4) is 11.1 Å². The largest absolute Gasteiger partial charge is 0.478 e. The number of benzene rings is 3. The maximum absolute atomic E-state index is 13.5. The molecule has 7 heteroatoms. The summed E-state index contributed by atoms with van der Waals surface area (Å²) >= 11 is 0. The van der Waals surface area contributed by atoms with Crippen LogP contribution in [0.3, 0.4) is 0 Å². The van der Waals surface area contributed by atoms with E-state index in [1.165, 1.54) is 6.42 Å². The molecule has 0 unspecified atom stereocenters. The molecule has 1 aliphatic heterocycles. The van der Waals surface area contributed by atoms with E-state index < -0.39 is 11.6 Å². The van der Waals surface area contributed by atoms with Crippen LogP contribution < -0.4 is 20.5 Å². The number of rotatable bonds is 2. The van der Waals surface area contributed by atoms with E-state index in [2.05, 4.69) is 25.8 Å². The molecule has 6 rings (SSSR count). The second-order valence-electron chi connectivity index (χ2n) is 10.2. The number of hydrogen-bond donors (Lipinski definition) is 1. The minimum Gasteiger partial charge on any atom is -0.478 e. The average molecular weight is 556 g/mol. The normalized spacial score (nSPS) is 12.3. The summed E-state index contributed by atoms with van der Waals surface area (Å²) in [5.41, 5.74) is 4.13. The van der Waals surface area contributed by atoms with E-state index in [-0.39, 0.29) is 10.9 Å². The van der Waals surface area contributed by atoms with Gasteiger partial charge in [-0.2, -0.15) is 0 Å². The summed E-state index contributed by atoms with van der Waals surface area (Å²) in [7, 11) is 5.88. The molecule has 0 spiro atoms. The molecule has 0 amide bonds. The fourth-order valence-corrected chi connectivity index (χ4v) is 5.25. The second kappa shape index (κ2) is 12.4. The highest BCUT2D eigenvalue weighted by Gasteiger charge is 2.25. The molecule has 41 heavy (non-hydrogen) atoms. The Morgan fingerprint density at radius 1 is 0.976 bits per heavy atom. The van der Waals surface area contributed by atoms with E-state index in [9.17, 15) is 14.7 Å². The lowest BCUT2D eigenvalue weighted by Gasteiger charge is -2.28. The summed E-state index contributed by atoms with van der Waals surface area (Å²) in [6, 6.07) is 16.4. The van der Waals surface area contributed by atoms with Gasteiger partial charge in [-0.25, -0.2) is 14.2 Å². The lowest BCUT2D eigenvalue weighted by molar-refractivity contribution is 0.0697. The minimum atomic E-state index is -1.06. The third kappa shape index (κ3) is 5.49. The summed E-state index contributed by atoms with van der Waals surface area (Å²) in [6.07, 6.45) is 3.16. The van der Waals surface area contributed by atoms with Gasteiger partial charge in [-0.3, -0.25) is 0 Å². The first-order valence-corrected chi connectivity index (χ1v) is 14.3. The highest BCUT2D eigenvalue weighted by molar-refractivity contribution is 6.16. The predicted octanol–water partition coefficient (Wildman–Crippen LogP) is 6.91. The standard InChI is InChI=1S/C29H24N2O5.C3H8.C2H6/c1-30(2)17-10-11-20-23(14-17)36-29(34)26-25(18-8-4-5-9-19(18)28(32)33)21-13-16-7-6-12-31(3)22(16)15-24(21)35-27(20)26;1-3-2;1-2/h4-5,8-11,13-15H,6-7,12H2,1-3H3;3H2,1-2H3;1-2H3/p+1. The van der Waals surface area contributed by atoms with Crippen molar-refractivity contribution in [1.29, 1.82) is 0 Å². The molecule has 0 saturated carbocycles. The monoisotopic (exact) mass is 555 g/mol. The first-order valence-electron chi connectivity index (χ1n) is 14.3. The van der Waals surface area contributed by atoms with Crippen molar-refractivity contribution in [3.63, 3.8) is 0 Å². The molecule has 214 valence electrons. The SMILES string of the molecule is CC.CCC.CN1CCCc2cc3c(-c4ccccc4C(=O)O)c4c(=O)oc5cc(=[N+](C)C)ccc5c4oc3cc21. The van der Waals surface area contributed by atoms with Crippen LogP contribution in [0, 0.1) is 0 Å². The minimum absolute atomic E-state index is 0.114. The number of carboxylic acid groups (broad SMARTS) is 1. The molecular formula is C34H39N2O5+. The molecule has 0 bridgehead atoms. The van der Waals surface area contributed by atoms with Gasteiger partial charge in [0.15, 0.2) is 5.58 Å². The van der Waals surface area contributed by atoms with Crippen LogP contribution in [-0.4, -0.2) is 38.8 Å². The van der Waals surface area contributed by atoms with Crippen molar-refractivity contribution in [3.05, 3.63) is 81.5 Å². The van der Waals surface area contributed by atoms with E-state index in [0.717, 1.165) is 36.0 Å². The fourth-order valence-electron chi connectivity index (χ4n) is 5.25. The molecule has 1 aliphatic rings. The van der Waals surface area contributed by atoms with Crippen molar-refractivity contribution in [1.82, 2.24) is 4.58 Å². The van der Waals surface area contributed by atoms with Gasteiger partial charge in [0, 0.05) is 42.4 Å². The Morgan fingerprint density at radius 2 is 1.66 bits per heavy atom. The number of aryl methyl sites for hydroxylation is 1. The van der Waals surface area contributed by atoms with Crippen LogP contribution in [0.1, 0.15) is 56.5 Å². The zero-order valence-electron chi connectivity index (χ0n) is 25.0. The van der Waals surface area contributed by atoms with E-state index in [0.29, 0.717) is 38.6 Å². The van der Waals surface area contributed by atoms with E-state index in [4.69, 9.17) is 8.83 Å². The van der Waals surface area contributed by atoms with Crippen LogP contribution >= 0.6 is 0 Å². The van der Waals surface area contributed by atoms with Gasteiger partial charge in [-0.1, -0.05) is 52.3 Å². The molecule has 0 radical (unpaired) electrons. The Bertz CT molecular complexity index is 1880. The maximum Gasteiger partial charge on any atom is 0.348 e. The van der Waals surface area contributed by atoms with Crippen LogP contribution in [0.25, 0.3) is 44.0 Å². The van der Waals surface area contributed by atoms with E-state index in [1.807, 2.05) is 56.8 Å². The fraction of sp³-hybridized carbons (Fsp3) is 0.324. The second-order valence-corrected chi connectivity index (χ2v) is 10.2. The highest BCUT2D eigenvalue weighted by Crippen LogP contribution is 2.41. The van der Waals surface area contributed by atoms with Crippen molar-refractivity contribution >= 4 is 44.6 Å². The zero-order chi connectivity index (χ0) is 29.8. The van der Waals surface area contributed by atoms with Gasteiger partial charge < -0.3 is 18.8 Å². The molecule has 1 N–H and O–H groups in total. The molecule has 0 atom stereocenters. The molecule has 0 saturated heterocycles. The van der Waals surface area contributed by atoms with Crippen molar-refractivity contribution in [2.45, 2.75) is 47.0 Å². The van der Waals surface area contributed by atoms with Crippen LogP contribution in [-0.2, 0) is 6.42 Å². The smallest absolute Gasteiger partial charge is 0.348 e.